The normalized spacial score (nSPS) is 14.4. The molecule has 7 rings (SSSR count). The molecule has 0 saturated carbocycles. The van der Waals surface area contributed by atoms with Gasteiger partial charge in [0.1, 0.15) is 23.5 Å². The average Bonchev–Trinajstić information content (AvgIpc) is 3.37. The molecule has 5 heterocycles. The maximum atomic E-state index is 12.5. The van der Waals surface area contributed by atoms with Crippen LogP contribution in [-0.2, 0) is 18.4 Å². The summed E-state index contributed by atoms with van der Waals surface area (Å²) in [6.45, 7) is 7.02. The van der Waals surface area contributed by atoms with E-state index in [0.717, 1.165) is 56.2 Å². The molecule has 3 aromatic heterocycles. The summed E-state index contributed by atoms with van der Waals surface area (Å²) >= 11 is 0. The minimum atomic E-state index is -0.00654. The van der Waals surface area contributed by atoms with E-state index in [1.165, 1.54) is 0 Å². The maximum Gasteiger partial charge on any atom is 0.322 e. The van der Waals surface area contributed by atoms with Crippen LogP contribution in [0.3, 0.4) is 0 Å². The highest BCUT2D eigenvalue weighted by Gasteiger charge is 2.28. The van der Waals surface area contributed by atoms with Crippen molar-refractivity contribution in [3.63, 3.8) is 0 Å². The lowest BCUT2D eigenvalue weighted by Crippen LogP contribution is -2.24. The van der Waals surface area contributed by atoms with Gasteiger partial charge in [0.2, 0.25) is 0 Å². The van der Waals surface area contributed by atoms with Gasteiger partial charge in [-0.25, -0.2) is 19.9 Å². The van der Waals surface area contributed by atoms with Crippen molar-refractivity contribution in [2.45, 2.75) is 19.9 Å². The van der Waals surface area contributed by atoms with E-state index in [1.807, 2.05) is 44.3 Å². The fourth-order valence-corrected chi connectivity index (χ4v) is 5.46. The van der Waals surface area contributed by atoms with Crippen molar-refractivity contribution in [2.75, 3.05) is 16.8 Å². The van der Waals surface area contributed by atoms with Crippen LogP contribution < -0.4 is 15.0 Å². The molecule has 9 nitrogen and oxygen atoms in total. The molecular weight excluding hydrogens is 490 g/mol. The Hall–Kier alpha value is -5.05. The fraction of sp³-hybridized carbons (Fsp3) is 0.167. The van der Waals surface area contributed by atoms with Gasteiger partial charge in [-0.05, 0) is 60.4 Å². The molecular formula is C30H25N7O2. The Morgan fingerprint density at radius 1 is 1.05 bits per heavy atom. The third-order valence-corrected chi connectivity index (χ3v) is 7.38. The summed E-state index contributed by atoms with van der Waals surface area (Å²) in [4.78, 5) is 32.1. The van der Waals surface area contributed by atoms with Crippen LogP contribution in [0.4, 0.5) is 11.5 Å². The van der Waals surface area contributed by atoms with Crippen molar-refractivity contribution < 1.29 is 9.53 Å². The molecule has 2 aliphatic heterocycles. The van der Waals surface area contributed by atoms with E-state index in [-0.39, 0.29) is 5.91 Å². The summed E-state index contributed by atoms with van der Waals surface area (Å²) in [5.74, 6) is 1.44. The Morgan fingerprint density at radius 3 is 2.67 bits per heavy atom. The molecule has 1 fully saturated rings. The summed E-state index contributed by atoms with van der Waals surface area (Å²) in [5.41, 5.74) is 8.44. The number of ether oxygens (including phenoxy) is 1. The number of aromatic nitrogens is 5. The molecule has 9 heteroatoms. The first-order valence-corrected chi connectivity index (χ1v) is 12.8. The number of carbonyl (C=O) groups excluding carboxylic acids is 1. The summed E-state index contributed by atoms with van der Waals surface area (Å²) < 4.78 is 8.10. The molecule has 0 bridgehead atoms. The quantitative estimate of drug-likeness (QED) is 0.320. The summed E-state index contributed by atoms with van der Waals surface area (Å²) in [6, 6.07) is 16.3. The number of rotatable bonds is 4. The van der Waals surface area contributed by atoms with Crippen molar-refractivity contribution in [3.8, 4) is 34.1 Å². The van der Waals surface area contributed by atoms with Crippen molar-refractivity contribution in [1.82, 2.24) is 24.5 Å². The van der Waals surface area contributed by atoms with Gasteiger partial charge in [0, 0.05) is 48.9 Å². The zero-order valence-electron chi connectivity index (χ0n) is 21.6. The van der Waals surface area contributed by atoms with Gasteiger partial charge in [-0.15, -0.1) is 0 Å². The van der Waals surface area contributed by atoms with Gasteiger partial charge in [0.15, 0.2) is 0 Å². The lowest BCUT2D eigenvalue weighted by molar-refractivity contribution is -0.114. The van der Waals surface area contributed by atoms with E-state index >= 15 is 0 Å². The van der Waals surface area contributed by atoms with E-state index in [4.69, 9.17) is 4.74 Å². The molecule has 0 radical (unpaired) electrons. The molecule has 0 atom stereocenters. The van der Waals surface area contributed by atoms with Crippen molar-refractivity contribution in [3.05, 3.63) is 84.5 Å². The summed E-state index contributed by atoms with van der Waals surface area (Å²) in [7, 11) is 2.02. The first-order valence-electron chi connectivity index (χ1n) is 12.8. The predicted molar refractivity (Wildman–Crippen MR) is 150 cm³/mol. The molecule has 0 aliphatic carbocycles. The van der Waals surface area contributed by atoms with Gasteiger partial charge in [0.05, 0.1) is 11.1 Å². The lowest BCUT2D eigenvalue weighted by Gasteiger charge is -2.17. The lowest BCUT2D eigenvalue weighted by atomic mass is 9.95. The molecule has 2 aliphatic rings. The zero-order valence-corrected chi connectivity index (χ0v) is 21.6. The molecule has 39 heavy (non-hydrogen) atoms. The number of carbonyl (C=O) groups is 1. The number of hydrogen-bond donors (Lipinski definition) is 1. The molecule has 0 spiro atoms. The standard InChI is InChI=1S/C30H25N7O2/c1-17-11-13-37(29(17)38)21-6-4-19(5-7-21)26-24-23-9-8-22(39-30-31-12-10-18(2)35-30)14-20(23)15-32-27-25(24)28(36(26)3)34-16-33-27/h4-10,12,14,16H,1,11,13,15H2,2-3H3,(H,32,33,34). The van der Waals surface area contributed by atoms with Crippen molar-refractivity contribution >= 4 is 28.4 Å². The third-order valence-electron chi connectivity index (χ3n) is 7.38. The molecule has 192 valence electrons. The first kappa shape index (κ1) is 23.1. The van der Waals surface area contributed by atoms with Crippen LogP contribution in [0.25, 0.3) is 33.4 Å². The summed E-state index contributed by atoms with van der Waals surface area (Å²) in [6.07, 6.45) is 3.97. The van der Waals surface area contributed by atoms with Crippen LogP contribution in [0, 0.1) is 6.92 Å². The Labute approximate surface area is 224 Å². The molecule has 2 aromatic carbocycles. The van der Waals surface area contributed by atoms with Crippen LogP contribution in [0.5, 0.6) is 11.8 Å². The van der Waals surface area contributed by atoms with Crippen LogP contribution in [-0.4, -0.2) is 37.0 Å². The second kappa shape index (κ2) is 8.76. The van der Waals surface area contributed by atoms with Crippen LogP contribution in [0.1, 0.15) is 17.7 Å². The van der Waals surface area contributed by atoms with Gasteiger partial charge in [-0.2, -0.15) is 0 Å². The highest BCUT2D eigenvalue weighted by Crippen LogP contribution is 2.46. The monoisotopic (exact) mass is 515 g/mol. The second-order valence-corrected chi connectivity index (χ2v) is 9.82. The van der Waals surface area contributed by atoms with Gasteiger partial charge in [-0.3, -0.25) is 4.79 Å². The van der Waals surface area contributed by atoms with E-state index in [0.29, 0.717) is 36.8 Å². The van der Waals surface area contributed by atoms with Gasteiger partial charge < -0.3 is 19.5 Å². The molecule has 0 unspecified atom stereocenters. The summed E-state index contributed by atoms with van der Waals surface area (Å²) in [5, 5.41) is 4.46. The number of fused-ring (bicyclic) bond motifs is 2. The number of anilines is 2. The van der Waals surface area contributed by atoms with Crippen LogP contribution in [0.15, 0.2) is 73.2 Å². The third kappa shape index (κ3) is 3.73. The first-order chi connectivity index (χ1) is 19.0. The number of benzene rings is 2. The molecule has 1 N–H and O–H groups in total. The van der Waals surface area contributed by atoms with Crippen molar-refractivity contribution in [1.29, 1.82) is 0 Å². The Morgan fingerprint density at radius 2 is 1.90 bits per heavy atom. The number of aryl methyl sites for hydroxylation is 2. The fourth-order valence-electron chi connectivity index (χ4n) is 5.46. The van der Waals surface area contributed by atoms with Crippen LogP contribution in [0.2, 0.25) is 0 Å². The average molecular weight is 516 g/mol. The van der Waals surface area contributed by atoms with Crippen molar-refractivity contribution in [2.24, 2.45) is 7.05 Å². The zero-order chi connectivity index (χ0) is 26.7. The number of nitrogens with one attached hydrogen (secondary N) is 1. The van der Waals surface area contributed by atoms with Gasteiger partial charge in [-0.1, -0.05) is 24.8 Å². The maximum absolute atomic E-state index is 12.5. The Bertz CT molecular complexity index is 1810. The minimum Gasteiger partial charge on any atom is -0.424 e. The van der Waals surface area contributed by atoms with Gasteiger partial charge in [0.25, 0.3) is 5.91 Å². The molecule has 1 saturated heterocycles. The molecule has 1 amide bonds. The highest BCUT2D eigenvalue weighted by atomic mass is 16.5. The highest BCUT2D eigenvalue weighted by molar-refractivity contribution is 6.10. The number of hydrogen-bond acceptors (Lipinski definition) is 7. The molecule has 5 aromatic rings. The number of nitrogens with zero attached hydrogens (tertiary/aromatic N) is 6. The van der Waals surface area contributed by atoms with E-state index in [1.54, 1.807) is 17.4 Å². The smallest absolute Gasteiger partial charge is 0.322 e. The van der Waals surface area contributed by atoms with E-state index in [2.05, 4.69) is 54.6 Å². The SMILES string of the molecule is C=C1CCN(c2ccc(-c3c4c5c(ncnc5n3C)NCc3cc(Oc5nccc(C)n5)ccc3-4)cc2)C1=O. The Balaban J connectivity index is 1.35. The van der Waals surface area contributed by atoms with E-state index in [9.17, 15) is 4.79 Å². The largest absolute Gasteiger partial charge is 0.424 e. The Kier molecular flexibility index (Phi) is 5.19. The topological polar surface area (TPSA) is 98.1 Å². The minimum absolute atomic E-state index is 0.00654. The van der Waals surface area contributed by atoms with E-state index < -0.39 is 0 Å². The van der Waals surface area contributed by atoms with Gasteiger partial charge >= 0.3 is 6.01 Å². The number of amides is 1. The predicted octanol–water partition coefficient (Wildman–Crippen LogP) is 5.41. The van der Waals surface area contributed by atoms with Crippen LogP contribution >= 0.6 is 0 Å². The second-order valence-electron chi connectivity index (χ2n) is 9.82.